The van der Waals surface area contributed by atoms with Gasteiger partial charge in [0, 0.05) is 37.2 Å². The van der Waals surface area contributed by atoms with E-state index in [1.54, 1.807) is 12.1 Å². The van der Waals surface area contributed by atoms with Gasteiger partial charge in [0.15, 0.2) is 11.5 Å². The van der Waals surface area contributed by atoms with Crippen LogP contribution in [0.2, 0.25) is 0 Å². The van der Waals surface area contributed by atoms with Gasteiger partial charge in [-0.1, -0.05) is 18.2 Å². The minimum atomic E-state index is -0.518. The zero-order valence-electron chi connectivity index (χ0n) is 20.4. The largest absolute Gasteiger partial charge is 0.502 e. The first-order valence-corrected chi connectivity index (χ1v) is 12.0. The van der Waals surface area contributed by atoms with Gasteiger partial charge in [0.2, 0.25) is 17.4 Å². The highest BCUT2D eigenvalue weighted by atomic mass is 16.7. The molecule has 188 valence electrons. The van der Waals surface area contributed by atoms with Gasteiger partial charge in [0.1, 0.15) is 5.75 Å². The lowest BCUT2D eigenvalue weighted by Gasteiger charge is -2.41. The van der Waals surface area contributed by atoms with Crippen LogP contribution in [0.15, 0.2) is 54.6 Å². The van der Waals surface area contributed by atoms with Crippen molar-refractivity contribution in [3.8, 4) is 34.1 Å². The van der Waals surface area contributed by atoms with E-state index in [4.69, 9.17) is 18.9 Å². The van der Waals surface area contributed by atoms with Crippen LogP contribution in [-0.4, -0.2) is 44.1 Å². The van der Waals surface area contributed by atoms with E-state index in [0.29, 0.717) is 17.9 Å². The SMILES string of the molecule is COc1cc(CC(=O)Nc2cccc(-c3ccc4c(c3)COC3(CCNCC3)O4)c2)cc(OC)c1O. The number of phenols is 1. The second-order valence-electron chi connectivity index (χ2n) is 9.03. The topological polar surface area (TPSA) is 98.3 Å². The summed E-state index contributed by atoms with van der Waals surface area (Å²) >= 11 is 0. The average Bonchev–Trinajstić information content (AvgIpc) is 2.90. The number of piperidine rings is 1. The zero-order chi connectivity index (χ0) is 25.1. The molecule has 3 aromatic rings. The van der Waals surface area contributed by atoms with E-state index in [-0.39, 0.29) is 29.6 Å². The second kappa shape index (κ2) is 10.1. The quantitative estimate of drug-likeness (QED) is 0.475. The van der Waals surface area contributed by atoms with Crippen molar-refractivity contribution in [1.82, 2.24) is 5.32 Å². The number of carbonyl (C=O) groups excluding carboxylic acids is 1. The summed E-state index contributed by atoms with van der Waals surface area (Å²) < 4.78 is 22.8. The lowest BCUT2D eigenvalue weighted by molar-refractivity contribution is -0.218. The van der Waals surface area contributed by atoms with E-state index < -0.39 is 5.79 Å². The molecular formula is C28H30N2O6. The van der Waals surface area contributed by atoms with Crippen molar-refractivity contribution in [3.63, 3.8) is 0 Å². The third kappa shape index (κ3) is 4.96. The number of anilines is 1. The Hall–Kier alpha value is -3.75. The Morgan fingerprint density at radius 1 is 1.03 bits per heavy atom. The third-order valence-corrected chi connectivity index (χ3v) is 6.60. The van der Waals surface area contributed by atoms with Crippen LogP contribution < -0.4 is 24.8 Å². The molecule has 1 amide bonds. The van der Waals surface area contributed by atoms with E-state index >= 15 is 0 Å². The highest BCUT2D eigenvalue weighted by molar-refractivity contribution is 5.93. The van der Waals surface area contributed by atoms with E-state index in [9.17, 15) is 9.90 Å². The molecule has 36 heavy (non-hydrogen) atoms. The van der Waals surface area contributed by atoms with Crippen molar-refractivity contribution >= 4 is 11.6 Å². The number of phenolic OH excluding ortho intramolecular Hbond substituents is 1. The Labute approximate surface area is 210 Å². The van der Waals surface area contributed by atoms with Crippen LogP contribution in [0.3, 0.4) is 0 Å². The molecule has 2 aliphatic heterocycles. The molecular weight excluding hydrogens is 460 g/mol. The molecule has 8 nitrogen and oxygen atoms in total. The van der Waals surface area contributed by atoms with Crippen LogP contribution in [0, 0.1) is 0 Å². The van der Waals surface area contributed by atoms with Crippen molar-refractivity contribution in [1.29, 1.82) is 0 Å². The van der Waals surface area contributed by atoms with Gasteiger partial charge in [-0.25, -0.2) is 0 Å². The minimum absolute atomic E-state index is 0.0939. The van der Waals surface area contributed by atoms with Crippen molar-refractivity contribution in [2.75, 3.05) is 32.6 Å². The smallest absolute Gasteiger partial charge is 0.228 e. The number of ether oxygens (including phenoxy) is 4. The molecule has 0 saturated carbocycles. The molecule has 5 rings (SSSR count). The van der Waals surface area contributed by atoms with Gasteiger partial charge in [-0.2, -0.15) is 0 Å². The van der Waals surface area contributed by atoms with E-state index in [1.165, 1.54) is 14.2 Å². The molecule has 0 aliphatic carbocycles. The van der Waals surface area contributed by atoms with Crippen LogP contribution in [0.1, 0.15) is 24.0 Å². The summed E-state index contributed by atoms with van der Waals surface area (Å²) in [6.45, 7) is 2.29. The summed E-state index contributed by atoms with van der Waals surface area (Å²) in [6.07, 6.45) is 1.77. The maximum Gasteiger partial charge on any atom is 0.228 e. The highest BCUT2D eigenvalue weighted by Gasteiger charge is 2.38. The number of aromatic hydroxyl groups is 1. The molecule has 3 aromatic carbocycles. The number of rotatable bonds is 6. The minimum Gasteiger partial charge on any atom is -0.502 e. The van der Waals surface area contributed by atoms with Gasteiger partial charge in [-0.05, 0) is 53.1 Å². The summed E-state index contributed by atoms with van der Waals surface area (Å²) in [5, 5.41) is 16.4. The van der Waals surface area contributed by atoms with Gasteiger partial charge in [-0.15, -0.1) is 0 Å². The number of nitrogens with one attached hydrogen (secondary N) is 2. The van der Waals surface area contributed by atoms with Gasteiger partial charge < -0.3 is 34.7 Å². The maximum atomic E-state index is 12.8. The van der Waals surface area contributed by atoms with Gasteiger partial charge in [0.25, 0.3) is 0 Å². The van der Waals surface area contributed by atoms with E-state index in [0.717, 1.165) is 48.4 Å². The van der Waals surface area contributed by atoms with Crippen molar-refractivity contribution in [2.24, 2.45) is 0 Å². The fourth-order valence-electron chi connectivity index (χ4n) is 4.68. The second-order valence-corrected chi connectivity index (χ2v) is 9.03. The zero-order valence-corrected chi connectivity index (χ0v) is 20.4. The number of carbonyl (C=O) groups is 1. The Morgan fingerprint density at radius 2 is 1.75 bits per heavy atom. The molecule has 2 heterocycles. The van der Waals surface area contributed by atoms with Crippen LogP contribution in [0.25, 0.3) is 11.1 Å². The van der Waals surface area contributed by atoms with E-state index in [1.807, 2.05) is 36.4 Å². The molecule has 2 aliphatic rings. The molecule has 1 fully saturated rings. The molecule has 1 spiro atoms. The molecule has 0 radical (unpaired) electrons. The predicted octanol–water partition coefficient (Wildman–Crippen LogP) is 4.25. The van der Waals surface area contributed by atoms with Crippen molar-refractivity contribution in [2.45, 2.75) is 31.7 Å². The van der Waals surface area contributed by atoms with Crippen molar-refractivity contribution < 1.29 is 28.8 Å². The first kappa shape index (κ1) is 24.0. The number of benzene rings is 3. The predicted molar refractivity (Wildman–Crippen MR) is 136 cm³/mol. The maximum absolute atomic E-state index is 12.8. The number of hydrogen-bond donors (Lipinski definition) is 3. The monoisotopic (exact) mass is 490 g/mol. The first-order chi connectivity index (χ1) is 17.5. The third-order valence-electron chi connectivity index (χ3n) is 6.60. The highest BCUT2D eigenvalue weighted by Crippen LogP contribution is 2.39. The number of hydrogen-bond acceptors (Lipinski definition) is 7. The van der Waals surface area contributed by atoms with Crippen LogP contribution in [0.5, 0.6) is 23.0 Å². The normalized spacial score (nSPS) is 16.1. The Kier molecular flexibility index (Phi) is 6.71. The van der Waals surface area contributed by atoms with Crippen LogP contribution in [0.4, 0.5) is 5.69 Å². The number of amides is 1. The van der Waals surface area contributed by atoms with Crippen LogP contribution >= 0.6 is 0 Å². The lowest BCUT2D eigenvalue weighted by Crippen LogP contribution is -2.49. The summed E-state index contributed by atoms with van der Waals surface area (Å²) in [4.78, 5) is 12.8. The van der Waals surface area contributed by atoms with Gasteiger partial charge >= 0.3 is 0 Å². The van der Waals surface area contributed by atoms with Crippen LogP contribution in [-0.2, 0) is 22.6 Å². The van der Waals surface area contributed by atoms with Crippen molar-refractivity contribution in [3.05, 3.63) is 65.7 Å². The Balaban J connectivity index is 1.29. The summed E-state index contributed by atoms with van der Waals surface area (Å²) in [7, 11) is 2.91. The fourth-order valence-corrected chi connectivity index (χ4v) is 4.68. The molecule has 3 N–H and O–H groups in total. The molecule has 0 atom stereocenters. The number of methoxy groups -OCH3 is 2. The van der Waals surface area contributed by atoms with Gasteiger partial charge in [0.05, 0.1) is 27.2 Å². The lowest BCUT2D eigenvalue weighted by atomic mass is 9.99. The average molecular weight is 491 g/mol. The molecule has 8 heteroatoms. The molecule has 1 saturated heterocycles. The van der Waals surface area contributed by atoms with Gasteiger partial charge in [-0.3, -0.25) is 4.79 Å². The number of fused-ring (bicyclic) bond motifs is 1. The fraction of sp³-hybridized carbons (Fsp3) is 0.321. The Morgan fingerprint density at radius 3 is 2.47 bits per heavy atom. The molecule has 0 bridgehead atoms. The standard InChI is InChI=1S/C28H30N2O6/c1-33-24-12-18(13-25(34-2)27(24)32)14-26(31)30-22-5-3-4-19(16-22)20-6-7-23-21(15-20)17-35-28(36-23)8-10-29-11-9-28/h3-7,12-13,15-16,29,32H,8-11,14,17H2,1-2H3,(H,30,31). The summed E-state index contributed by atoms with van der Waals surface area (Å²) in [5.41, 5.74) is 4.36. The Bertz CT molecular complexity index is 1240. The first-order valence-electron chi connectivity index (χ1n) is 12.0. The summed E-state index contributed by atoms with van der Waals surface area (Å²) in [5.74, 6) is 0.576. The van der Waals surface area contributed by atoms with E-state index in [2.05, 4.69) is 16.7 Å². The molecule has 0 unspecified atom stereocenters. The summed E-state index contributed by atoms with van der Waals surface area (Å²) in [6, 6.07) is 17.1. The molecule has 0 aromatic heterocycles.